The van der Waals surface area contributed by atoms with E-state index in [0.717, 1.165) is 19.5 Å². The van der Waals surface area contributed by atoms with Crippen LogP contribution in [-0.2, 0) is 6.54 Å². The summed E-state index contributed by atoms with van der Waals surface area (Å²) in [6.07, 6.45) is 0.734. The first kappa shape index (κ1) is 11.3. The first-order valence-corrected chi connectivity index (χ1v) is 5.61. The largest absolute Gasteiger partial charge is 0.407 e. The van der Waals surface area contributed by atoms with Crippen molar-refractivity contribution in [2.75, 3.05) is 24.5 Å². The lowest BCUT2D eigenvalue weighted by Gasteiger charge is -2.16. The number of nitrogens with one attached hydrogen (secondary N) is 1. The molecule has 16 heavy (non-hydrogen) atoms. The van der Waals surface area contributed by atoms with Crippen LogP contribution in [0.3, 0.4) is 0 Å². The SMILES string of the molecule is CCNCc1nnc(N2CCC(C)(O)C2)o1. The number of aromatic nitrogens is 2. The Morgan fingerprint density at radius 1 is 1.56 bits per heavy atom. The van der Waals surface area contributed by atoms with Gasteiger partial charge in [-0.25, -0.2) is 0 Å². The Labute approximate surface area is 94.7 Å². The molecule has 1 atom stereocenters. The van der Waals surface area contributed by atoms with Crippen molar-refractivity contribution in [1.29, 1.82) is 0 Å². The molecule has 6 nitrogen and oxygen atoms in total. The molecule has 0 spiro atoms. The fourth-order valence-corrected chi connectivity index (χ4v) is 1.78. The number of β-amino-alcohol motifs (C(OH)–C–C–N with tert-alkyl or cyclic N) is 1. The van der Waals surface area contributed by atoms with Gasteiger partial charge in [-0.1, -0.05) is 12.0 Å². The zero-order valence-corrected chi connectivity index (χ0v) is 9.73. The minimum absolute atomic E-state index is 0.505. The van der Waals surface area contributed by atoms with Crippen LogP contribution in [0.2, 0.25) is 0 Å². The van der Waals surface area contributed by atoms with Gasteiger partial charge < -0.3 is 19.7 Å². The third kappa shape index (κ3) is 2.51. The molecular weight excluding hydrogens is 208 g/mol. The zero-order valence-electron chi connectivity index (χ0n) is 9.73. The van der Waals surface area contributed by atoms with E-state index >= 15 is 0 Å². The Morgan fingerprint density at radius 2 is 2.38 bits per heavy atom. The summed E-state index contributed by atoms with van der Waals surface area (Å²) < 4.78 is 5.49. The van der Waals surface area contributed by atoms with Gasteiger partial charge in [-0.3, -0.25) is 0 Å². The summed E-state index contributed by atoms with van der Waals surface area (Å²) in [6.45, 7) is 6.62. The molecule has 6 heteroatoms. The molecule has 2 rings (SSSR count). The summed E-state index contributed by atoms with van der Waals surface area (Å²) in [5.41, 5.74) is -0.643. The summed E-state index contributed by atoms with van der Waals surface area (Å²) in [4.78, 5) is 1.92. The van der Waals surface area contributed by atoms with Crippen molar-refractivity contribution in [3.05, 3.63) is 5.89 Å². The van der Waals surface area contributed by atoms with Gasteiger partial charge in [0, 0.05) is 6.54 Å². The number of nitrogens with zero attached hydrogens (tertiary/aromatic N) is 3. The van der Waals surface area contributed by atoms with Gasteiger partial charge in [-0.15, -0.1) is 5.10 Å². The van der Waals surface area contributed by atoms with Crippen LogP contribution in [0.1, 0.15) is 26.2 Å². The first-order valence-electron chi connectivity index (χ1n) is 5.61. The summed E-state index contributed by atoms with van der Waals surface area (Å²) in [5, 5.41) is 20.9. The molecular formula is C10H18N4O2. The maximum Gasteiger partial charge on any atom is 0.318 e. The summed E-state index contributed by atoms with van der Waals surface area (Å²) in [6, 6.07) is 0.505. The van der Waals surface area contributed by atoms with E-state index < -0.39 is 5.60 Å². The van der Waals surface area contributed by atoms with Gasteiger partial charge in [0.25, 0.3) is 0 Å². The maximum atomic E-state index is 9.83. The fourth-order valence-electron chi connectivity index (χ4n) is 1.78. The van der Waals surface area contributed by atoms with Gasteiger partial charge >= 0.3 is 6.01 Å². The summed E-state index contributed by atoms with van der Waals surface area (Å²) in [5.74, 6) is 0.586. The molecule has 2 heterocycles. The summed E-state index contributed by atoms with van der Waals surface area (Å²) in [7, 11) is 0. The Balaban J connectivity index is 1.97. The number of hydrogen-bond acceptors (Lipinski definition) is 6. The number of rotatable bonds is 4. The topological polar surface area (TPSA) is 74.4 Å². The Kier molecular flexibility index (Phi) is 3.11. The maximum absolute atomic E-state index is 9.83. The second-order valence-corrected chi connectivity index (χ2v) is 4.43. The van der Waals surface area contributed by atoms with Crippen LogP contribution in [0.25, 0.3) is 0 Å². The Bertz CT molecular complexity index is 350. The highest BCUT2D eigenvalue weighted by Gasteiger charge is 2.33. The van der Waals surface area contributed by atoms with Crippen LogP contribution in [-0.4, -0.2) is 40.5 Å². The van der Waals surface area contributed by atoms with Crippen LogP contribution in [0.4, 0.5) is 6.01 Å². The smallest absolute Gasteiger partial charge is 0.318 e. The lowest BCUT2D eigenvalue weighted by molar-refractivity contribution is 0.0836. The highest BCUT2D eigenvalue weighted by atomic mass is 16.4. The van der Waals surface area contributed by atoms with E-state index in [0.29, 0.717) is 25.0 Å². The van der Waals surface area contributed by atoms with Crippen molar-refractivity contribution in [2.45, 2.75) is 32.4 Å². The number of hydrogen-bond donors (Lipinski definition) is 2. The first-order chi connectivity index (χ1) is 7.61. The lowest BCUT2D eigenvalue weighted by Crippen LogP contribution is -2.29. The van der Waals surface area contributed by atoms with Crippen molar-refractivity contribution in [3.63, 3.8) is 0 Å². The van der Waals surface area contributed by atoms with Gasteiger partial charge in [0.1, 0.15) is 0 Å². The standard InChI is InChI=1S/C10H18N4O2/c1-3-11-6-8-12-13-9(16-8)14-5-4-10(2,15)7-14/h11,15H,3-7H2,1-2H3. The Hall–Kier alpha value is -1.14. The molecule has 0 aliphatic carbocycles. The van der Waals surface area contributed by atoms with Gasteiger partial charge in [-0.05, 0) is 19.9 Å². The van der Waals surface area contributed by atoms with Crippen molar-refractivity contribution in [2.24, 2.45) is 0 Å². The molecule has 0 saturated carbocycles. The van der Waals surface area contributed by atoms with E-state index in [4.69, 9.17) is 4.42 Å². The second-order valence-electron chi connectivity index (χ2n) is 4.43. The quantitative estimate of drug-likeness (QED) is 0.760. The minimum atomic E-state index is -0.643. The molecule has 0 bridgehead atoms. The molecule has 1 saturated heterocycles. The van der Waals surface area contributed by atoms with Gasteiger partial charge in [0.2, 0.25) is 5.89 Å². The van der Waals surface area contributed by atoms with Crippen LogP contribution in [0.15, 0.2) is 4.42 Å². The fraction of sp³-hybridized carbons (Fsp3) is 0.800. The third-order valence-electron chi connectivity index (χ3n) is 2.70. The van der Waals surface area contributed by atoms with Crippen LogP contribution in [0, 0.1) is 0 Å². The highest BCUT2D eigenvalue weighted by molar-refractivity contribution is 5.28. The molecule has 1 aromatic rings. The highest BCUT2D eigenvalue weighted by Crippen LogP contribution is 2.25. The molecule has 0 amide bonds. The second kappa shape index (κ2) is 4.39. The van der Waals surface area contributed by atoms with E-state index in [1.54, 1.807) is 0 Å². The average molecular weight is 226 g/mol. The van der Waals surface area contributed by atoms with E-state index in [1.165, 1.54) is 0 Å². The van der Waals surface area contributed by atoms with Crippen molar-refractivity contribution in [1.82, 2.24) is 15.5 Å². The molecule has 1 aliphatic heterocycles. The van der Waals surface area contributed by atoms with Crippen LogP contribution in [0.5, 0.6) is 0 Å². The van der Waals surface area contributed by atoms with Gasteiger partial charge in [-0.2, -0.15) is 0 Å². The van der Waals surface area contributed by atoms with Crippen molar-refractivity contribution >= 4 is 6.01 Å². The number of anilines is 1. The minimum Gasteiger partial charge on any atom is -0.407 e. The third-order valence-corrected chi connectivity index (χ3v) is 2.70. The molecule has 90 valence electrons. The molecule has 2 N–H and O–H groups in total. The Morgan fingerprint density at radius 3 is 3.00 bits per heavy atom. The summed E-state index contributed by atoms with van der Waals surface area (Å²) >= 11 is 0. The van der Waals surface area contributed by atoms with E-state index in [9.17, 15) is 5.11 Å². The molecule has 1 aromatic heterocycles. The molecule has 1 unspecified atom stereocenters. The van der Waals surface area contributed by atoms with Crippen molar-refractivity contribution in [3.8, 4) is 0 Å². The van der Waals surface area contributed by atoms with E-state index in [-0.39, 0.29) is 0 Å². The van der Waals surface area contributed by atoms with Crippen LogP contribution >= 0.6 is 0 Å². The van der Waals surface area contributed by atoms with Crippen molar-refractivity contribution < 1.29 is 9.52 Å². The average Bonchev–Trinajstić information content (AvgIpc) is 2.81. The molecule has 1 fully saturated rings. The van der Waals surface area contributed by atoms with Crippen LogP contribution < -0.4 is 10.2 Å². The number of aliphatic hydroxyl groups is 1. The molecule has 0 radical (unpaired) electrons. The van der Waals surface area contributed by atoms with E-state index in [1.807, 2.05) is 18.7 Å². The normalized spacial score (nSPS) is 25.3. The monoisotopic (exact) mass is 226 g/mol. The predicted octanol–water partition coefficient (Wildman–Crippen LogP) is 0.140. The molecule has 1 aliphatic rings. The lowest BCUT2D eigenvalue weighted by atomic mass is 10.1. The van der Waals surface area contributed by atoms with Gasteiger partial charge in [0.15, 0.2) is 0 Å². The van der Waals surface area contributed by atoms with E-state index in [2.05, 4.69) is 15.5 Å². The predicted molar refractivity (Wildman–Crippen MR) is 59.1 cm³/mol. The van der Waals surface area contributed by atoms with Gasteiger partial charge in [0.05, 0.1) is 18.7 Å². The molecule has 0 aromatic carbocycles. The zero-order chi connectivity index (χ0) is 11.6.